The summed E-state index contributed by atoms with van der Waals surface area (Å²) in [4.78, 5) is 27.7. The third-order valence-electron chi connectivity index (χ3n) is 5.73. The minimum atomic E-state index is -0.945. The van der Waals surface area contributed by atoms with Gasteiger partial charge >= 0.3 is 5.97 Å². The second-order valence-electron chi connectivity index (χ2n) is 8.09. The number of rotatable bonds is 5. The lowest BCUT2D eigenvalue weighted by molar-refractivity contribution is -0.118. The van der Waals surface area contributed by atoms with Crippen molar-refractivity contribution in [2.24, 2.45) is 0 Å². The number of hydrogen-bond acceptors (Lipinski definition) is 3. The largest absolute Gasteiger partial charge is 0.478 e. The van der Waals surface area contributed by atoms with Gasteiger partial charge in [-0.1, -0.05) is 48.0 Å². The summed E-state index contributed by atoms with van der Waals surface area (Å²) in [5.74, 6) is -0.857. The van der Waals surface area contributed by atoms with Crippen molar-refractivity contribution >= 4 is 29.3 Å². The first-order valence-corrected chi connectivity index (χ1v) is 11.2. The average Bonchev–Trinajstić information content (AvgIpc) is 2.73. The Morgan fingerprint density at radius 2 is 1.74 bits per heavy atom. The van der Waals surface area contributed by atoms with Crippen LogP contribution in [-0.2, 0) is 17.8 Å². The van der Waals surface area contributed by atoms with Crippen molar-refractivity contribution in [3.8, 4) is 0 Å². The molecule has 1 aliphatic heterocycles. The van der Waals surface area contributed by atoms with Gasteiger partial charge in [0.15, 0.2) is 0 Å². The topological polar surface area (TPSA) is 57.6 Å². The van der Waals surface area contributed by atoms with Crippen LogP contribution >= 0.6 is 11.8 Å². The van der Waals surface area contributed by atoms with E-state index in [-0.39, 0.29) is 16.7 Å². The monoisotopic (exact) mass is 431 g/mol. The number of aryl methyl sites for hydroxylation is 3. The highest BCUT2D eigenvalue weighted by Crippen LogP contribution is 2.43. The van der Waals surface area contributed by atoms with Gasteiger partial charge in [-0.15, -0.1) is 11.8 Å². The minimum absolute atomic E-state index is 0.0883. The molecular formula is C26H25NO3S. The molecule has 0 aromatic heterocycles. The van der Waals surface area contributed by atoms with E-state index in [1.807, 2.05) is 17.0 Å². The molecule has 158 valence electrons. The number of fused-ring (bicyclic) bond motifs is 1. The van der Waals surface area contributed by atoms with Crippen molar-refractivity contribution in [2.75, 3.05) is 4.90 Å². The number of amides is 1. The van der Waals surface area contributed by atoms with Crippen molar-refractivity contribution in [1.29, 1.82) is 0 Å². The van der Waals surface area contributed by atoms with Gasteiger partial charge in [-0.2, -0.15) is 0 Å². The molecule has 3 aromatic rings. The Kier molecular flexibility index (Phi) is 5.88. The van der Waals surface area contributed by atoms with E-state index in [0.29, 0.717) is 13.0 Å². The summed E-state index contributed by atoms with van der Waals surface area (Å²) in [6.07, 6.45) is 0.556. The molecule has 1 heterocycles. The Bertz CT molecular complexity index is 1150. The zero-order valence-corrected chi connectivity index (χ0v) is 18.7. The first kappa shape index (κ1) is 21.2. The number of carboxylic acid groups (broad SMARTS) is 1. The van der Waals surface area contributed by atoms with E-state index in [9.17, 15) is 9.59 Å². The van der Waals surface area contributed by atoms with Gasteiger partial charge in [0, 0.05) is 4.90 Å². The highest BCUT2D eigenvalue weighted by atomic mass is 32.2. The maximum absolute atomic E-state index is 13.6. The minimum Gasteiger partial charge on any atom is -0.478 e. The van der Waals surface area contributed by atoms with Gasteiger partial charge in [0.2, 0.25) is 5.91 Å². The predicted molar refractivity (Wildman–Crippen MR) is 125 cm³/mol. The molecule has 5 heteroatoms. The van der Waals surface area contributed by atoms with Crippen molar-refractivity contribution in [3.63, 3.8) is 0 Å². The summed E-state index contributed by atoms with van der Waals surface area (Å²) in [5, 5.41) is 8.87. The lowest BCUT2D eigenvalue weighted by atomic mass is 10.0. The van der Waals surface area contributed by atoms with Crippen LogP contribution in [-0.4, -0.2) is 22.2 Å². The molecule has 1 unspecified atom stereocenters. The first-order valence-electron chi connectivity index (χ1n) is 10.3. The fourth-order valence-corrected chi connectivity index (χ4v) is 5.31. The molecule has 4 nitrogen and oxygen atoms in total. The van der Waals surface area contributed by atoms with Crippen LogP contribution in [0.2, 0.25) is 0 Å². The quantitative estimate of drug-likeness (QED) is 0.575. The van der Waals surface area contributed by atoms with E-state index in [2.05, 4.69) is 45.0 Å². The third-order valence-corrected chi connectivity index (χ3v) is 7.15. The normalized spacial score (nSPS) is 15.6. The zero-order chi connectivity index (χ0) is 22.1. The Balaban J connectivity index is 1.66. The van der Waals surface area contributed by atoms with Crippen LogP contribution in [0.3, 0.4) is 0 Å². The number of carboxylic acids is 1. The molecule has 0 bridgehead atoms. The smallest absolute Gasteiger partial charge is 0.335 e. The molecule has 0 aliphatic carbocycles. The molecule has 0 saturated carbocycles. The fraction of sp³-hybridized carbons (Fsp3) is 0.231. The summed E-state index contributed by atoms with van der Waals surface area (Å²) in [6.45, 7) is 6.78. The number of benzene rings is 3. The Morgan fingerprint density at radius 1 is 1.00 bits per heavy atom. The molecular weight excluding hydrogens is 406 g/mol. The molecule has 31 heavy (non-hydrogen) atoms. The van der Waals surface area contributed by atoms with Gasteiger partial charge < -0.3 is 10.0 Å². The molecule has 1 atom stereocenters. The number of thioether (sulfide) groups is 1. The number of hydrogen-bond donors (Lipinski definition) is 1. The van der Waals surface area contributed by atoms with Gasteiger partial charge in [-0.25, -0.2) is 4.79 Å². The Hall–Kier alpha value is -3.05. The van der Waals surface area contributed by atoms with Crippen molar-refractivity contribution in [3.05, 3.63) is 94.0 Å². The van der Waals surface area contributed by atoms with Crippen LogP contribution in [0.5, 0.6) is 0 Å². The van der Waals surface area contributed by atoms with Crippen LogP contribution in [0.4, 0.5) is 5.69 Å². The number of carbonyl (C=O) groups excluding carboxylic acids is 1. The second kappa shape index (κ2) is 8.60. The summed E-state index contributed by atoms with van der Waals surface area (Å²) >= 11 is 1.61. The van der Waals surface area contributed by atoms with Gasteiger partial charge in [0.05, 0.1) is 23.0 Å². The van der Waals surface area contributed by atoms with Crippen LogP contribution < -0.4 is 4.90 Å². The first-order chi connectivity index (χ1) is 14.8. The standard InChI is InChI=1S/C26H25NO3S/c1-16-7-10-21(18(3)13-16)15-27-22-6-4-5-17(2)24(22)31-23(25(27)28)14-19-8-11-20(12-9-19)26(29)30/h4-13,23H,14-15H2,1-3H3,(H,29,30). The third kappa shape index (κ3) is 4.37. The van der Waals surface area contributed by atoms with Crippen LogP contribution in [0.25, 0.3) is 0 Å². The van der Waals surface area contributed by atoms with Gasteiger partial charge in [-0.3, -0.25) is 4.79 Å². The summed E-state index contributed by atoms with van der Waals surface area (Å²) in [5.41, 5.74) is 6.87. The van der Waals surface area contributed by atoms with E-state index in [4.69, 9.17) is 5.11 Å². The van der Waals surface area contributed by atoms with E-state index >= 15 is 0 Å². The van der Waals surface area contributed by atoms with Crippen molar-refractivity contribution in [1.82, 2.24) is 0 Å². The molecule has 4 rings (SSSR count). The summed E-state index contributed by atoms with van der Waals surface area (Å²) < 4.78 is 0. The van der Waals surface area contributed by atoms with E-state index in [1.54, 1.807) is 36.0 Å². The Labute approximate surface area is 186 Å². The highest BCUT2D eigenvalue weighted by Gasteiger charge is 2.34. The number of anilines is 1. The lowest BCUT2D eigenvalue weighted by Gasteiger charge is -2.35. The van der Waals surface area contributed by atoms with Crippen molar-refractivity contribution < 1.29 is 14.7 Å². The van der Waals surface area contributed by atoms with Crippen LogP contribution in [0.15, 0.2) is 65.6 Å². The van der Waals surface area contributed by atoms with E-state index in [0.717, 1.165) is 27.3 Å². The molecule has 1 aliphatic rings. The summed E-state index contributed by atoms with van der Waals surface area (Å²) in [6, 6.07) is 19.3. The maximum atomic E-state index is 13.6. The van der Waals surface area contributed by atoms with Gasteiger partial charge in [0.1, 0.15) is 0 Å². The molecule has 0 radical (unpaired) electrons. The number of carbonyl (C=O) groups is 2. The molecule has 1 N–H and O–H groups in total. The molecule has 0 fully saturated rings. The molecule has 0 spiro atoms. The maximum Gasteiger partial charge on any atom is 0.335 e. The number of aromatic carboxylic acids is 1. The van der Waals surface area contributed by atoms with E-state index in [1.165, 1.54) is 11.1 Å². The second-order valence-corrected chi connectivity index (χ2v) is 9.30. The van der Waals surface area contributed by atoms with Crippen molar-refractivity contribution in [2.45, 2.75) is 43.9 Å². The van der Waals surface area contributed by atoms with E-state index < -0.39 is 5.97 Å². The molecule has 1 amide bonds. The predicted octanol–water partition coefficient (Wildman–Crippen LogP) is 5.56. The molecule has 0 saturated heterocycles. The molecule has 3 aromatic carbocycles. The van der Waals surface area contributed by atoms with Gasteiger partial charge in [-0.05, 0) is 67.6 Å². The van der Waals surface area contributed by atoms with Gasteiger partial charge in [0.25, 0.3) is 0 Å². The fourth-order valence-electron chi connectivity index (χ4n) is 3.97. The van der Waals surface area contributed by atoms with Crippen LogP contribution in [0.1, 0.15) is 38.2 Å². The zero-order valence-electron chi connectivity index (χ0n) is 17.9. The summed E-state index contributed by atoms with van der Waals surface area (Å²) in [7, 11) is 0. The van der Waals surface area contributed by atoms with Crippen LogP contribution in [0, 0.1) is 20.8 Å². The lowest BCUT2D eigenvalue weighted by Crippen LogP contribution is -2.41. The number of nitrogens with zero attached hydrogens (tertiary/aromatic N) is 1. The SMILES string of the molecule is Cc1ccc(CN2C(=O)C(Cc3ccc(C(=O)O)cc3)Sc3c(C)cccc32)c(C)c1. The highest BCUT2D eigenvalue weighted by molar-refractivity contribution is 8.01. The Morgan fingerprint density at radius 3 is 2.42 bits per heavy atom. The average molecular weight is 432 g/mol.